The van der Waals surface area contributed by atoms with E-state index in [-0.39, 0.29) is 6.61 Å². The zero-order chi connectivity index (χ0) is 8.27. The highest BCUT2D eigenvalue weighted by molar-refractivity contribution is 4.94. The second-order valence-electron chi connectivity index (χ2n) is 3.34. The molecule has 1 atom stereocenters. The first-order valence-corrected chi connectivity index (χ1v) is 4.30. The van der Waals surface area contributed by atoms with E-state index in [0.717, 1.165) is 12.8 Å². The van der Waals surface area contributed by atoms with E-state index in [0.29, 0.717) is 12.1 Å². The third kappa shape index (κ3) is 1.96. The zero-order valence-corrected chi connectivity index (χ0v) is 7.33. The molecule has 0 aromatic heterocycles. The lowest BCUT2D eigenvalue weighted by atomic mass is 10.1. The molecule has 2 heteroatoms. The topological polar surface area (TPSA) is 23.5 Å². The summed E-state index contributed by atoms with van der Waals surface area (Å²) in [5, 5.41) is 9.03. The molecule has 2 nitrogen and oxygen atoms in total. The van der Waals surface area contributed by atoms with Crippen molar-refractivity contribution in [3.63, 3.8) is 0 Å². The molecule has 0 aromatic rings. The molecule has 1 rings (SSSR count). The molecule has 0 aliphatic carbocycles. The Balaban J connectivity index is 2.57. The highest BCUT2D eigenvalue weighted by atomic mass is 16.3. The monoisotopic (exact) mass is 155 g/mol. The van der Waals surface area contributed by atoms with Gasteiger partial charge in [-0.1, -0.05) is 6.08 Å². The molecular weight excluding hydrogens is 138 g/mol. The summed E-state index contributed by atoms with van der Waals surface area (Å²) in [6, 6.07) is 0.851. The standard InChI is InChI=1S/C9H17NO/c1-8(2)10-6-4-3-5-9(10)7-11/h4,6,8-9,11H,3,5,7H2,1-2H3. The maximum absolute atomic E-state index is 9.03. The van der Waals surface area contributed by atoms with Crippen molar-refractivity contribution in [3.8, 4) is 0 Å². The van der Waals surface area contributed by atoms with Crippen LogP contribution in [-0.2, 0) is 0 Å². The summed E-state index contributed by atoms with van der Waals surface area (Å²) in [6.45, 7) is 4.58. The van der Waals surface area contributed by atoms with Crippen LogP contribution >= 0.6 is 0 Å². The molecule has 1 aliphatic rings. The molecule has 0 radical (unpaired) electrons. The number of nitrogens with zero attached hydrogens (tertiary/aromatic N) is 1. The molecule has 0 saturated heterocycles. The first-order chi connectivity index (χ1) is 5.25. The van der Waals surface area contributed by atoms with Gasteiger partial charge in [-0.05, 0) is 32.9 Å². The van der Waals surface area contributed by atoms with Crippen molar-refractivity contribution in [2.75, 3.05) is 6.61 Å². The molecule has 1 unspecified atom stereocenters. The number of aliphatic hydroxyl groups is 1. The van der Waals surface area contributed by atoms with Crippen molar-refractivity contribution in [1.29, 1.82) is 0 Å². The third-order valence-corrected chi connectivity index (χ3v) is 2.17. The van der Waals surface area contributed by atoms with Gasteiger partial charge in [0, 0.05) is 6.04 Å². The van der Waals surface area contributed by atoms with Crippen LogP contribution in [0, 0.1) is 0 Å². The minimum absolute atomic E-state index is 0.280. The molecule has 0 fully saturated rings. The van der Waals surface area contributed by atoms with E-state index in [1.807, 2.05) is 0 Å². The molecule has 1 heterocycles. The largest absolute Gasteiger partial charge is 0.394 e. The highest BCUT2D eigenvalue weighted by Crippen LogP contribution is 2.16. The van der Waals surface area contributed by atoms with Gasteiger partial charge >= 0.3 is 0 Å². The Kier molecular flexibility index (Phi) is 2.94. The van der Waals surface area contributed by atoms with Gasteiger partial charge in [0.2, 0.25) is 0 Å². The Morgan fingerprint density at radius 2 is 2.36 bits per heavy atom. The van der Waals surface area contributed by atoms with Gasteiger partial charge in [-0.15, -0.1) is 0 Å². The summed E-state index contributed by atoms with van der Waals surface area (Å²) in [7, 11) is 0. The summed E-state index contributed by atoms with van der Waals surface area (Å²) >= 11 is 0. The first kappa shape index (κ1) is 8.60. The lowest BCUT2D eigenvalue weighted by Gasteiger charge is -2.35. The number of hydrogen-bond acceptors (Lipinski definition) is 2. The van der Waals surface area contributed by atoms with Crippen molar-refractivity contribution < 1.29 is 5.11 Å². The van der Waals surface area contributed by atoms with Crippen LogP contribution in [0.25, 0.3) is 0 Å². The van der Waals surface area contributed by atoms with Crippen molar-refractivity contribution in [1.82, 2.24) is 4.90 Å². The van der Waals surface area contributed by atoms with E-state index in [4.69, 9.17) is 5.11 Å². The quantitative estimate of drug-likeness (QED) is 0.651. The summed E-state index contributed by atoms with van der Waals surface area (Å²) in [6.07, 6.45) is 6.47. The van der Waals surface area contributed by atoms with Crippen LogP contribution in [-0.4, -0.2) is 28.7 Å². The summed E-state index contributed by atoms with van der Waals surface area (Å²) in [5.41, 5.74) is 0. The van der Waals surface area contributed by atoms with Gasteiger partial charge in [0.25, 0.3) is 0 Å². The molecule has 0 amide bonds. The molecule has 1 N–H and O–H groups in total. The molecule has 0 saturated carbocycles. The van der Waals surface area contributed by atoms with Gasteiger partial charge in [-0.2, -0.15) is 0 Å². The van der Waals surface area contributed by atoms with E-state index in [1.165, 1.54) is 0 Å². The fraction of sp³-hybridized carbons (Fsp3) is 0.778. The molecule has 0 bridgehead atoms. The molecule has 0 spiro atoms. The van der Waals surface area contributed by atoms with E-state index >= 15 is 0 Å². The van der Waals surface area contributed by atoms with E-state index < -0.39 is 0 Å². The summed E-state index contributed by atoms with van der Waals surface area (Å²) in [4.78, 5) is 2.23. The second-order valence-corrected chi connectivity index (χ2v) is 3.34. The van der Waals surface area contributed by atoms with Crippen LogP contribution < -0.4 is 0 Å². The minimum Gasteiger partial charge on any atom is -0.394 e. The Morgan fingerprint density at radius 1 is 1.64 bits per heavy atom. The van der Waals surface area contributed by atoms with E-state index in [9.17, 15) is 0 Å². The molecule has 64 valence electrons. The predicted molar refractivity (Wildman–Crippen MR) is 46.2 cm³/mol. The summed E-state index contributed by atoms with van der Waals surface area (Å²) in [5.74, 6) is 0. The van der Waals surface area contributed by atoms with Crippen LogP contribution in [0.2, 0.25) is 0 Å². The van der Waals surface area contributed by atoms with Gasteiger partial charge in [0.05, 0.1) is 12.6 Å². The smallest absolute Gasteiger partial charge is 0.0635 e. The fourth-order valence-corrected chi connectivity index (χ4v) is 1.53. The van der Waals surface area contributed by atoms with Crippen molar-refractivity contribution in [2.24, 2.45) is 0 Å². The Labute approximate surface area is 68.5 Å². The third-order valence-electron chi connectivity index (χ3n) is 2.17. The second kappa shape index (κ2) is 3.77. The van der Waals surface area contributed by atoms with Crippen molar-refractivity contribution >= 4 is 0 Å². The average Bonchev–Trinajstić information content (AvgIpc) is 2.04. The summed E-state index contributed by atoms with van der Waals surface area (Å²) < 4.78 is 0. The number of rotatable bonds is 2. The zero-order valence-electron chi connectivity index (χ0n) is 7.33. The Bertz CT molecular complexity index is 142. The van der Waals surface area contributed by atoms with Crippen LogP contribution in [0.15, 0.2) is 12.3 Å². The van der Waals surface area contributed by atoms with Gasteiger partial charge < -0.3 is 10.0 Å². The van der Waals surface area contributed by atoms with Gasteiger partial charge in [0.15, 0.2) is 0 Å². The van der Waals surface area contributed by atoms with Crippen molar-refractivity contribution in [2.45, 2.75) is 38.8 Å². The number of hydrogen-bond donors (Lipinski definition) is 1. The molecule has 1 aliphatic heterocycles. The predicted octanol–water partition coefficient (Wildman–Crippen LogP) is 1.37. The highest BCUT2D eigenvalue weighted by Gasteiger charge is 2.18. The Morgan fingerprint density at radius 3 is 2.82 bits per heavy atom. The maximum atomic E-state index is 9.03. The SMILES string of the molecule is CC(C)N1C=CCCC1CO. The van der Waals surface area contributed by atoms with Crippen LogP contribution in [0.3, 0.4) is 0 Å². The molecule has 11 heavy (non-hydrogen) atoms. The van der Waals surface area contributed by atoms with Gasteiger partial charge in [-0.25, -0.2) is 0 Å². The number of aliphatic hydroxyl groups excluding tert-OH is 1. The number of allylic oxidation sites excluding steroid dienone is 1. The van der Waals surface area contributed by atoms with Crippen molar-refractivity contribution in [3.05, 3.63) is 12.3 Å². The first-order valence-electron chi connectivity index (χ1n) is 4.30. The lowest BCUT2D eigenvalue weighted by molar-refractivity contribution is 0.127. The normalized spacial score (nSPS) is 24.7. The van der Waals surface area contributed by atoms with E-state index in [1.54, 1.807) is 0 Å². The van der Waals surface area contributed by atoms with E-state index in [2.05, 4.69) is 31.0 Å². The molecule has 0 aromatic carbocycles. The maximum Gasteiger partial charge on any atom is 0.0635 e. The molecular formula is C9H17NO. The lowest BCUT2D eigenvalue weighted by Crippen LogP contribution is -2.40. The van der Waals surface area contributed by atoms with Gasteiger partial charge in [0.1, 0.15) is 0 Å². The minimum atomic E-state index is 0.280. The Hall–Kier alpha value is -0.500. The average molecular weight is 155 g/mol. The van der Waals surface area contributed by atoms with Crippen LogP contribution in [0.4, 0.5) is 0 Å². The van der Waals surface area contributed by atoms with Crippen LogP contribution in [0.1, 0.15) is 26.7 Å². The fourth-order valence-electron chi connectivity index (χ4n) is 1.53. The van der Waals surface area contributed by atoms with Crippen LogP contribution in [0.5, 0.6) is 0 Å². The van der Waals surface area contributed by atoms with Gasteiger partial charge in [-0.3, -0.25) is 0 Å².